The minimum absolute atomic E-state index is 0.0256. The van der Waals surface area contributed by atoms with E-state index < -0.39 is 54.3 Å². The number of rotatable bonds is 14. The van der Waals surface area contributed by atoms with Crippen LogP contribution in [0.4, 0.5) is 0 Å². The molecule has 4 rings (SSSR count). The topological polar surface area (TPSA) is 225 Å². The Kier molecular flexibility index (Phi) is 9.55. The van der Waals surface area contributed by atoms with Gasteiger partial charge in [0.25, 0.3) is 0 Å². The Labute approximate surface area is 240 Å². The van der Waals surface area contributed by atoms with Crippen LogP contribution in [0, 0.1) is 0 Å². The second kappa shape index (κ2) is 13.5. The van der Waals surface area contributed by atoms with Gasteiger partial charge in [-0.15, -0.1) is 0 Å². The zero-order valence-corrected chi connectivity index (χ0v) is 22.7. The van der Waals surface area contributed by atoms with E-state index in [1.54, 1.807) is 12.4 Å². The Morgan fingerprint density at radius 1 is 0.786 bits per heavy atom. The van der Waals surface area contributed by atoms with Crippen molar-refractivity contribution < 1.29 is 29.1 Å². The lowest BCUT2D eigenvalue weighted by Crippen LogP contribution is -2.54. The van der Waals surface area contributed by atoms with E-state index in [1.807, 2.05) is 48.5 Å². The normalized spacial score (nSPS) is 13.3. The number of carbonyl (C=O) groups excluding carboxylic acids is 4. The summed E-state index contributed by atoms with van der Waals surface area (Å²) in [4.78, 5) is 67.8. The lowest BCUT2D eigenvalue weighted by Gasteiger charge is -2.21. The SMILES string of the molecule is NC(=O)CCC(NC(=O)C(Cc1c[nH]c2ccccc12)NC(=O)CNC(=O)C(N)Cc1c[nH]c2ccccc12)C(=O)O. The van der Waals surface area contributed by atoms with Gasteiger partial charge in [-0.3, -0.25) is 19.2 Å². The van der Waals surface area contributed by atoms with Crippen molar-refractivity contribution in [1.82, 2.24) is 25.9 Å². The Morgan fingerprint density at radius 3 is 1.93 bits per heavy atom. The van der Waals surface area contributed by atoms with Crippen molar-refractivity contribution in [3.05, 3.63) is 72.1 Å². The molecule has 0 saturated carbocycles. The first-order chi connectivity index (χ1) is 20.1. The van der Waals surface area contributed by atoms with Crippen molar-refractivity contribution in [2.45, 2.75) is 43.8 Å². The summed E-state index contributed by atoms with van der Waals surface area (Å²) in [6.45, 7) is -0.456. The monoisotopic (exact) mass is 575 g/mol. The molecule has 0 aliphatic rings. The fourth-order valence-corrected chi connectivity index (χ4v) is 4.72. The van der Waals surface area contributed by atoms with Crippen molar-refractivity contribution in [3.63, 3.8) is 0 Å². The van der Waals surface area contributed by atoms with E-state index in [0.717, 1.165) is 27.4 Å². The summed E-state index contributed by atoms with van der Waals surface area (Å²) < 4.78 is 0. The lowest BCUT2D eigenvalue weighted by molar-refractivity contribution is -0.142. The van der Waals surface area contributed by atoms with Gasteiger partial charge in [-0.2, -0.15) is 0 Å². The van der Waals surface area contributed by atoms with Crippen LogP contribution in [0.5, 0.6) is 0 Å². The van der Waals surface area contributed by atoms with E-state index in [1.165, 1.54) is 0 Å². The van der Waals surface area contributed by atoms with E-state index in [4.69, 9.17) is 11.5 Å². The average Bonchev–Trinajstić information content (AvgIpc) is 3.57. The summed E-state index contributed by atoms with van der Waals surface area (Å²) in [5, 5.41) is 18.8. The molecule has 0 aliphatic carbocycles. The molecule has 0 fully saturated rings. The molecular weight excluding hydrogens is 542 g/mol. The number of para-hydroxylation sites is 2. The van der Waals surface area contributed by atoms with Crippen LogP contribution in [0.2, 0.25) is 0 Å². The number of amides is 4. The minimum atomic E-state index is -1.39. The highest BCUT2D eigenvalue weighted by molar-refractivity contribution is 5.94. The standard InChI is InChI=1S/C29H33N7O6/c30-20(11-16-13-32-21-7-3-1-5-18(16)21)27(39)34-15-26(38)35-24(12-17-14-33-22-8-4-2-6-19(17)22)28(40)36-23(29(41)42)9-10-25(31)37/h1-8,13-14,20,23-24,32-33H,9-12,15,30H2,(H2,31,37)(H,34,39)(H,35,38)(H,36,40)(H,41,42). The zero-order valence-electron chi connectivity index (χ0n) is 22.7. The van der Waals surface area contributed by atoms with Gasteiger partial charge in [-0.1, -0.05) is 36.4 Å². The third-order valence-electron chi connectivity index (χ3n) is 6.92. The quantitative estimate of drug-likeness (QED) is 0.104. The lowest BCUT2D eigenvalue weighted by atomic mass is 10.0. The first-order valence-corrected chi connectivity index (χ1v) is 13.4. The summed E-state index contributed by atoms with van der Waals surface area (Å²) >= 11 is 0. The maximum absolute atomic E-state index is 13.2. The van der Waals surface area contributed by atoms with Crippen LogP contribution in [0.15, 0.2) is 60.9 Å². The first kappa shape index (κ1) is 29.8. The molecule has 0 bridgehead atoms. The van der Waals surface area contributed by atoms with Crippen molar-refractivity contribution in [3.8, 4) is 0 Å². The smallest absolute Gasteiger partial charge is 0.326 e. The molecule has 4 amide bonds. The number of primary amides is 1. The highest BCUT2D eigenvalue weighted by atomic mass is 16.4. The second-order valence-corrected chi connectivity index (χ2v) is 9.98. The van der Waals surface area contributed by atoms with Gasteiger partial charge >= 0.3 is 5.97 Å². The molecule has 2 heterocycles. The number of hydrogen-bond acceptors (Lipinski definition) is 6. The molecule has 3 unspecified atom stereocenters. The molecule has 2 aromatic heterocycles. The molecular formula is C29H33N7O6. The molecule has 10 N–H and O–H groups in total. The van der Waals surface area contributed by atoms with Crippen LogP contribution in [0.3, 0.4) is 0 Å². The van der Waals surface area contributed by atoms with Crippen LogP contribution >= 0.6 is 0 Å². The average molecular weight is 576 g/mol. The Bertz CT molecular complexity index is 1610. The fraction of sp³-hybridized carbons (Fsp3) is 0.276. The van der Waals surface area contributed by atoms with Crippen LogP contribution in [0.25, 0.3) is 21.8 Å². The first-order valence-electron chi connectivity index (χ1n) is 13.4. The summed E-state index contributed by atoms with van der Waals surface area (Å²) in [6, 6.07) is 11.5. The number of aliphatic carboxylic acids is 1. The molecule has 13 nitrogen and oxygen atoms in total. The number of hydrogen-bond donors (Lipinski definition) is 8. The van der Waals surface area contributed by atoms with Crippen molar-refractivity contribution in [2.75, 3.05) is 6.54 Å². The molecule has 2 aromatic carbocycles. The van der Waals surface area contributed by atoms with Crippen LogP contribution in [-0.4, -0.2) is 69.3 Å². The van der Waals surface area contributed by atoms with Gasteiger partial charge in [0.2, 0.25) is 23.6 Å². The van der Waals surface area contributed by atoms with Gasteiger partial charge in [0.05, 0.1) is 12.6 Å². The molecule has 0 aliphatic heterocycles. The number of carboxylic acids is 1. The molecule has 0 radical (unpaired) electrons. The third-order valence-corrected chi connectivity index (χ3v) is 6.92. The van der Waals surface area contributed by atoms with Gasteiger partial charge in [0.15, 0.2) is 0 Å². The highest BCUT2D eigenvalue weighted by Crippen LogP contribution is 2.20. The number of aromatic amines is 2. The predicted molar refractivity (Wildman–Crippen MR) is 155 cm³/mol. The zero-order chi connectivity index (χ0) is 30.2. The molecule has 13 heteroatoms. The van der Waals surface area contributed by atoms with E-state index >= 15 is 0 Å². The van der Waals surface area contributed by atoms with Gasteiger partial charge in [-0.05, 0) is 36.1 Å². The van der Waals surface area contributed by atoms with E-state index in [2.05, 4.69) is 25.9 Å². The summed E-state index contributed by atoms with van der Waals surface area (Å²) in [5.74, 6) is -4.05. The number of fused-ring (bicyclic) bond motifs is 2. The van der Waals surface area contributed by atoms with Gasteiger partial charge in [-0.25, -0.2) is 4.79 Å². The fourth-order valence-electron chi connectivity index (χ4n) is 4.72. The Balaban J connectivity index is 1.41. The van der Waals surface area contributed by atoms with Gasteiger partial charge < -0.3 is 42.5 Å². The van der Waals surface area contributed by atoms with Gasteiger partial charge in [0, 0.05) is 47.0 Å². The van der Waals surface area contributed by atoms with E-state index in [0.29, 0.717) is 5.56 Å². The number of carboxylic acid groups (broad SMARTS) is 1. The summed E-state index contributed by atoms with van der Waals surface area (Å²) in [5.41, 5.74) is 14.5. The minimum Gasteiger partial charge on any atom is -0.480 e. The van der Waals surface area contributed by atoms with Crippen LogP contribution < -0.4 is 27.4 Å². The predicted octanol–water partition coefficient (Wildman–Crippen LogP) is 0.198. The molecule has 0 spiro atoms. The van der Waals surface area contributed by atoms with Crippen LogP contribution in [-0.2, 0) is 36.8 Å². The van der Waals surface area contributed by atoms with Crippen LogP contribution in [0.1, 0.15) is 24.0 Å². The van der Waals surface area contributed by atoms with Crippen molar-refractivity contribution in [2.24, 2.45) is 11.5 Å². The molecule has 42 heavy (non-hydrogen) atoms. The van der Waals surface area contributed by atoms with Crippen molar-refractivity contribution >= 4 is 51.4 Å². The molecule has 3 atom stereocenters. The summed E-state index contributed by atoms with van der Waals surface area (Å²) in [7, 11) is 0. The van der Waals surface area contributed by atoms with Crippen molar-refractivity contribution in [1.29, 1.82) is 0 Å². The summed E-state index contributed by atoms with van der Waals surface area (Å²) in [6.07, 6.45) is 3.29. The largest absolute Gasteiger partial charge is 0.480 e. The number of aromatic nitrogens is 2. The van der Waals surface area contributed by atoms with E-state index in [9.17, 15) is 29.1 Å². The number of nitrogens with one attached hydrogen (secondary N) is 5. The molecule has 4 aromatic rings. The third kappa shape index (κ3) is 7.52. The number of carbonyl (C=O) groups is 5. The second-order valence-electron chi connectivity index (χ2n) is 9.98. The number of nitrogens with two attached hydrogens (primary N) is 2. The number of benzene rings is 2. The Morgan fingerprint density at radius 2 is 1.36 bits per heavy atom. The highest BCUT2D eigenvalue weighted by Gasteiger charge is 2.28. The maximum atomic E-state index is 13.2. The number of H-pyrrole nitrogens is 2. The Hall–Kier alpha value is -5.17. The maximum Gasteiger partial charge on any atom is 0.326 e. The molecule has 0 saturated heterocycles. The molecule has 220 valence electrons. The van der Waals surface area contributed by atoms with Gasteiger partial charge in [0.1, 0.15) is 12.1 Å². The van der Waals surface area contributed by atoms with E-state index in [-0.39, 0.29) is 25.7 Å².